The standard InChI is InChI=1S/C25H31NO6.Pb.2H/c1-13-26-25(20(30)12-31-14(2)27)21(32-13)10-18-17-6-5-15-9-16(28)7-8-23(15,3)22(17)19(29)11-24(18,25)4;;;/h7-9,17-19,21-22,29H,5-6,10-12H2,1-4H3;;;/t17-,18-,19-,21+,22+,23-,24-,25+;;;/m0.../s1. The van der Waals surface area contributed by atoms with Crippen LogP contribution in [0.15, 0.2) is 28.8 Å². The van der Waals surface area contributed by atoms with Gasteiger partial charge in [0.2, 0.25) is 5.78 Å². The summed E-state index contributed by atoms with van der Waals surface area (Å²) in [5.74, 6) is -0.0140. The van der Waals surface area contributed by atoms with Crippen molar-refractivity contribution in [2.45, 2.75) is 71.1 Å². The van der Waals surface area contributed by atoms with Gasteiger partial charge in [-0.3, -0.25) is 14.4 Å². The molecule has 1 aliphatic heterocycles. The molecule has 7 nitrogen and oxygen atoms in total. The van der Waals surface area contributed by atoms with E-state index in [1.54, 1.807) is 19.1 Å². The molecule has 0 amide bonds. The summed E-state index contributed by atoms with van der Waals surface area (Å²) in [4.78, 5) is 41.7. The number of rotatable bonds is 3. The van der Waals surface area contributed by atoms with E-state index in [1.807, 2.05) is 6.08 Å². The van der Waals surface area contributed by atoms with Gasteiger partial charge in [-0.05, 0) is 49.7 Å². The first-order valence-electron chi connectivity index (χ1n) is 11.5. The fraction of sp³-hybridized carbons (Fsp3) is 0.680. The number of aliphatic imine (C=N–C) groups is 1. The van der Waals surface area contributed by atoms with Gasteiger partial charge in [0.1, 0.15) is 6.10 Å². The predicted molar refractivity (Wildman–Crippen MR) is 124 cm³/mol. The number of aliphatic hydroxyl groups is 1. The second-order valence-corrected chi connectivity index (χ2v) is 10.7. The summed E-state index contributed by atoms with van der Waals surface area (Å²) in [5.41, 5.74) is -1.04. The van der Waals surface area contributed by atoms with Crippen molar-refractivity contribution < 1.29 is 29.0 Å². The Kier molecular flexibility index (Phi) is 6.08. The molecule has 33 heavy (non-hydrogen) atoms. The van der Waals surface area contributed by atoms with Gasteiger partial charge in [-0.1, -0.05) is 25.5 Å². The molecule has 5 rings (SSSR count). The molecule has 8 atom stereocenters. The van der Waals surface area contributed by atoms with Crippen LogP contribution in [-0.2, 0) is 23.9 Å². The first kappa shape index (κ1) is 24.8. The van der Waals surface area contributed by atoms with Crippen LogP contribution in [0.5, 0.6) is 0 Å². The molecule has 0 unspecified atom stereocenters. The quantitative estimate of drug-likeness (QED) is 0.369. The molecule has 0 aromatic heterocycles. The van der Waals surface area contributed by atoms with Crippen LogP contribution in [0.2, 0.25) is 0 Å². The van der Waals surface area contributed by atoms with Crippen molar-refractivity contribution in [3.63, 3.8) is 0 Å². The van der Waals surface area contributed by atoms with Crippen LogP contribution in [0.4, 0.5) is 0 Å². The second kappa shape index (κ2) is 8.10. The number of ether oxygens (including phenoxy) is 2. The van der Waals surface area contributed by atoms with Crippen LogP contribution >= 0.6 is 0 Å². The average molecular weight is 651 g/mol. The van der Waals surface area contributed by atoms with E-state index < -0.39 is 29.1 Å². The van der Waals surface area contributed by atoms with Crippen molar-refractivity contribution in [3.8, 4) is 0 Å². The predicted octanol–water partition coefficient (Wildman–Crippen LogP) is 1.65. The molecular weight excluding hydrogens is 617 g/mol. The molecule has 0 spiro atoms. The summed E-state index contributed by atoms with van der Waals surface area (Å²) in [7, 11) is 0. The molecule has 8 heteroatoms. The van der Waals surface area contributed by atoms with E-state index >= 15 is 0 Å². The van der Waals surface area contributed by atoms with E-state index in [0.717, 1.165) is 18.4 Å². The number of carbonyl (C=O) groups is 3. The number of ketones is 2. The number of hydrogen-bond donors (Lipinski definition) is 1. The Morgan fingerprint density at radius 3 is 2.76 bits per heavy atom. The van der Waals surface area contributed by atoms with Crippen molar-refractivity contribution in [3.05, 3.63) is 23.8 Å². The molecule has 0 bridgehead atoms. The third-order valence-corrected chi connectivity index (χ3v) is 9.17. The van der Waals surface area contributed by atoms with Gasteiger partial charge in [0.25, 0.3) is 0 Å². The summed E-state index contributed by atoms with van der Waals surface area (Å²) in [5, 5.41) is 11.6. The Bertz CT molecular complexity index is 1000. The van der Waals surface area contributed by atoms with Gasteiger partial charge < -0.3 is 14.6 Å². The first-order chi connectivity index (χ1) is 15.0. The molecule has 0 saturated heterocycles. The molecule has 0 aromatic carbocycles. The van der Waals surface area contributed by atoms with Crippen molar-refractivity contribution in [2.24, 2.45) is 33.6 Å². The second-order valence-electron chi connectivity index (χ2n) is 10.7. The number of fused-ring (bicyclic) bond motifs is 7. The van der Waals surface area contributed by atoms with Crippen LogP contribution in [0, 0.1) is 28.6 Å². The summed E-state index contributed by atoms with van der Waals surface area (Å²) >= 11 is 0. The molecule has 0 aromatic rings. The first-order valence-corrected chi connectivity index (χ1v) is 11.5. The maximum atomic E-state index is 13.5. The summed E-state index contributed by atoms with van der Waals surface area (Å²) in [6, 6.07) is 0. The number of allylic oxidation sites excluding steroid dienone is 4. The maximum absolute atomic E-state index is 13.5. The molecule has 3 fully saturated rings. The normalized spacial score (nSPS) is 44.8. The van der Waals surface area contributed by atoms with Gasteiger partial charge in [-0.2, -0.15) is 0 Å². The van der Waals surface area contributed by atoms with Crippen LogP contribution in [0.25, 0.3) is 0 Å². The van der Waals surface area contributed by atoms with Gasteiger partial charge in [-0.25, -0.2) is 4.99 Å². The van der Waals surface area contributed by atoms with Crippen LogP contribution in [0.3, 0.4) is 0 Å². The van der Waals surface area contributed by atoms with E-state index in [0.29, 0.717) is 18.7 Å². The van der Waals surface area contributed by atoms with E-state index in [-0.39, 0.29) is 68.6 Å². The molecule has 4 aliphatic carbocycles. The Morgan fingerprint density at radius 2 is 2.06 bits per heavy atom. The van der Waals surface area contributed by atoms with E-state index in [1.165, 1.54) is 6.92 Å². The van der Waals surface area contributed by atoms with Crippen molar-refractivity contribution >= 4 is 50.7 Å². The molecular formula is C25H33NO6Pb. The van der Waals surface area contributed by atoms with Gasteiger partial charge in [0, 0.05) is 30.6 Å². The summed E-state index contributed by atoms with van der Waals surface area (Å²) in [6.45, 7) is 6.88. The van der Waals surface area contributed by atoms with Gasteiger partial charge >= 0.3 is 33.3 Å². The molecule has 178 valence electrons. The Labute approximate surface area is 214 Å². The zero-order valence-corrected chi connectivity index (χ0v) is 25.3. The molecule has 1 heterocycles. The van der Waals surface area contributed by atoms with E-state index in [4.69, 9.17) is 14.5 Å². The molecule has 2 radical (unpaired) electrons. The minimum atomic E-state index is -1.15. The van der Waals surface area contributed by atoms with Crippen LogP contribution in [-0.4, -0.2) is 80.2 Å². The van der Waals surface area contributed by atoms with Gasteiger partial charge in [0.15, 0.2) is 23.8 Å². The molecule has 1 N–H and O–H groups in total. The Balaban J connectivity index is 0.00000259. The number of aliphatic hydroxyl groups excluding tert-OH is 1. The number of nitrogens with zero attached hydrogens (tertiary/aromatic N) is 1. The Morgan fingerprint density at radius 1 is 1.33 bits per heavy atom. The fourth-order valence-corrected chi connectivity index (χ4v) is 7.97. The van der Waals surface area contributed by atoms with Crippen molar-refractivity contribution in [2.75, 3.05) is 6.61 Å². The topological polar surface area (TPSA) is 102 Å². The number of carbonyl (C=O) groups excluding carboxylic acids is 3. The minimum absolute atomic E-state index is 0. The number of hydrogen-bond acceptors (Lipinski definition) is 7. The third-order valence-electron chi connectivity index (χ3n) is 9.17. The number of esters is 1. The summed E-state index contributed by atoms with van der Waals surface area (Å²) < 4.78 is 11.2. The van der Waals surface area contributed by atoms with E-state index in [2.05, 4.69) is 13.8 Å². The van der Waals surface area contributed by atoms with Crippen LogP contribution < -0.4 is 0 Å². The van der Waals surface area contributed by atoms with E-state index in [9.17, 15) is 19.5 Å². The van der Waals surface area contributed by atoms with Crippen molar-refractivity contribution in [1.82, 2.24) is 0 Å². The van der Waals surface area contributed by atoms with Gasteiger partial charge in [0.05, 0.1) is 6.10 Å². The number of Topliss-reactive ketones (excluding diaryl/α,β-unsaturated/α-hetero) is 1. The SMILES string of the molecule is CC(=O)OCC(=O)[C@@]12N=C(C)O[C@@H]1C[C@H]1[C@@H]3CCC4=CC(=O)C=C[C@]4(C)[C@H]3[C@@H](O)C[C@@]12C.[PbH2]. The summed E-state index contributed by atoms with van der Waals surface area (Å²) in [6.07, 6.45) is 7.01. The van der Waals surface area contributed by atoms with Crippen molar-refractivity contribution in [1.29, 1.82) is 0 Å². The van der Waals surface area contributed by atoms with Crippen LogP contribution in [0.1, 0.15) is 53.4 Å². The zero-order valence-electron chi connectivity index (χ0n) is 19.8. The molecule has 3 saturated carbocycles. The Hall–Kier alpha value is -1.36. The van der Waals surface area contributed by atoms with Gasteiger partial charge in [-0.15, -0.1) is 0 Å². The third kappa shape index (κ3) is 3.27. The average Bonchev–Trinajstić information content (AvgIpc) is 3.17. The zero-order chi connectivity index (χ0) is 23.1. The molecule has 5 aliphatic rings. The fourth-order valence-electron chi connectivity index (χ4n) is 7.97. The monoisotopic (exact) mass is 651 g/mol.